The SMILES string of the molecule is CCOc1cccc2c1nc(CCl)n2C1CCCC1C. The Hall–Kier alpha value is -1.22. The molecule has 1 aromatic heterocycles. The third-order valence-corrected chi connectivity index (χ3v) is 4.56. The molecule has 0 aliphatic heterocycles. The zero-order valence-electron chi connectivity index (χ0n) is 12.1. The highest BCUT2D eigenvalue weighted by Crippen LogP contribution is 2.39. The lowest BCUT2D eigenvalue weighted by atomic mass is 10.1. The molecule has 20 heavy (non-hydrogen) atoms. The molecule has 1 aromatic carbocycles. The fourth-order valence-electron chi connectivity index (χ4n) is 3.39. The van der Waals surface area contributed by atoms with Gasteiger partial charge in [-0.25, -0.2) is 4.98 Å². The maximum absolute atomic E-state index is 6.13. The van der Waals surface area contributed by atoms with Crippen LogP contribution in [0.3, 0.4) is 0 Å². The topological polar surface area (TPSA) is 27.1 Å². The van der Waals surface area contributed by atoms with Crippen LogP contribution in [0.15, 0.2) is 18.2 Å². The molecule has 0 saturated heterocycles. The number of hydrogen-bond donors (Lipinski definition) is 0. The maximum Gasteiger partial charge on any atom is 0.147 e. The van der Waals surface area contributed by atoms with Crippen LogP contribution in [-0.4, -0.2) is 16.2 Å². The van der Waals surface area contributed by atoms with Crippen LogP contribution in [0.25, 0.3) is 11.0 Å². The molecular formula is C16H21ClN2O. The van der Waals surface area contributed by atoms with Crippen LogP contribution in [0, 0.1) is 5.92 Å². The van der Waals surface area contributed by atoms with Crippen molar-refractivity contribution in [3.63, 3.8) is 0 Å². The summed E-state index contributed by atoms with van der Waals surface area (Å²) < 4.78 is 8.05. The van der Waals surface area contributed by atoms with Crippen molar-refractivity contribution < 1.29 is 4.74 Å². The van der Waals surface area contributed by atoms with Crippen LogP contribution in [0.5, 0.6) is 5.75 Å². The Morgan fingerprint density at radius 3 is 2.90 bits per heavy atom. The average Bonchev–Trinajstić information content (AvgIpc) is 3.02. The molecule has 3 rings (SSSR count). The van der Waals surface area contributed by atoms with Gasteiger partial charge < -0.3 is 9.30 Å². The second-order valence-electron chi connectivity index (χ2n) is 5.56. The van der Waals surface area contributed by atoms with Gasteiger partial charge in [0, 0.05) is 6.04 Å². The number of ether oxygens (including phenoxy) is 1. The Bertz CT molecular complexity index is 608. The highest BCUT2D eigenvalue weighted by molar-refractivity contribution is 6.16. The summed E-state index contributed by atoms with van der Waals surface area (Å²) in [6.07, 6.45) is 3.80. The highest BCUT2D eigenvalue weighted by atomic mass is 35.5. The van der Waals surface area contributed by atoms with Crippen LogP contribution >= 0.6 is 11.6 Å². The van der Waals surface area contributed by atoms with Gasteiger partial charge in [-0.3, -0.25) is 0 Å². The maximum atomic E-state index is 6.13. The molecule has 1 aliphatic rings. The Morgan fingerprint density at radius 2 is 2.25 bits per heavy atom. The van der Waals surface area contributed by atoms with Crippen molar-refractivity contribution in [3.8, 4) is 5.75 Å². The molecule has 0 amide bonds. The smallest absolute Gasteiger partial charge is 0.147 e. The fourth-order valence-corrected chi connectivity index (χ4v) is 3.57. The van der Waals surface area contributed by atoms with Crippen molar-refractivity contribution in [1.82, 2.24) is 9.55 Å². The van der Waals surface area contributed by atoms with Crippen molar-refractivity contribution in [1.29, 1.82) is 0 Å². The van der Waals surface area contributed by atoms with E-state index in [1.807, 2.05) is 19.1 Å². The molecule has 1 aliphatic carbocycles. The Morgan fingerprint density at radius 1 is 1.40 bits per heavy atom. The predicted octanol–water partition coefficient (Wildman–Crippen LogP) is 4.53. The zero-order chi connectivity index (χ0) is 14.1. The molecule has 0 spiro atoms. The molecular weight excluding hydrogens is 272 g/mol. The normalized spacial score (nSPS) is 22.6. The lowest BCUT2D eigenvalue weighted by molar-refractivity contribution is 0.343. The first-order valence-corrected chi connectivity index (χ1v) is 7.98. The molecule has 1 saturated carbocycles. The van der Waals surface area contributed by atoms with Gasteiger partial charge in [0.15, 0.2) is 0 Å². The van der Waals surface area contributed by atoms with Gasteiger partial charge in [0.1, 0.15) is 17.1 Å². The number of alkyl halides is 1. The second-order valence-corrected chi connectivity index (χ2v) is 5.83. The second kappa shape index (κ2) is 5.65. The van der Waals surface area contributed by atoms with Crippen molar-refractivity contribution in [2.75, 3.05) is 6.61 Å². The quantitative estimate of drug-likeness (QED) is 0.774. The van der Waals surface area contributed by atoms with E-state index in [1.54, 1.807) is 0 Å². The van der Waals surface area contributed by atoms with Crippen LogP contribution < -0.4 is 4.74 Å². The van der Waals surface area contributed by atoms with Gasteiger partial charge >= 0.3 is 0 Å². The number of nitrogens with zero attached hydrogens (tertiary/aromatic N) is 2. The lowest BCUT2D eigenvalue weighted by Crippen LogP contribution is -2.14. The van der Waals surface area contributed by atoms with Crippen molar-refractivity contribution in [2.45, 2.75) is 45.0 Å². The minimum absolute atomic E-state index is 0.448. The number of para-hydroxylation sites is 1. The average molecular weight is 293 g/mol. The number of imidazole rings is 1. The Labute approximate surface area is 124 Å². The fraction of sp³-hybridized carbons (Fsp3) is 0.562. The summed E-state index contributed by atoms with van der Waals surface area (Å²) in [4.78, 5) is 4.73. The molecule has 3 nitrogen and oxygen atoms in total. The highest BCUT2D eigenvalue weighted by Gasteiger charge is 2.28. The zero-order valence-corrected chi connectivity index (χ0v) is 12.9. The first kappa shape index (κ1) is 13.7. The van der Waals surface area contributed by atoms with E-state index in [1.165, 1.54) is 19.3 Å². The number of fused-ring (bicyclic) bond motifs is 1. The van der Waals surface area contributed by atoms with E-state index in [9.17, 15) is 0 Å². The number of aromatic nitrogens is 2. The van der Waals surface area contributed by atoms with Crippen LogP contribution in [-0.2, 0) is 5.88 Å². The summed E-state index contributed by atoms with van der Waals surface area (Å²) in [5.41, 5.74) is 2.11. The first-order valence-electron chi connectivity index (χ1n) is 7.44. The monoisotopic (exact) mass is 292 g/mol. The number of benzene rings is 1. The largest absolute Gasteiger partial charge is 0.492 e. The van der Waals surface area contributed by atoms with Crippen molar-refractivity contribution in [2.24, 2.45) is 5.92 Å². The van der Waals surface area contributed by atoms with E-state index in [0.29, 0.717) is 24.4 Å². The van der Waals surface area contributed by atoms with Gasteiger partial charge in [-0.15, -0.1) is 11.6 Å². The molecule has 2 unspecified atom stereocenters. The number of halogens is 1. The van der Waals surface area contributed by atoms with E-state index >= 15 is 0 Å². The van der Waals surface area contributed by atoms with Crippen molar-refractivity contribution in [3.05, 3.63) is 24.0 Å². The molecule has 2 aromatic rings. The molecule has 1 fully saturated rings. The van der Waals surface area contributed by atoms with Gasteiger partial charge in [0.05, 0.1) is 18.0 Å². The third-order valence-electron chi connectivity index (χ3n) is 4.32. The van der Waals surface area contributed by atoms with Crippen LogP contribution in [0.4, 0.5) is 0 Å². The van der Waals surface area contributed by atoms with Crippen LogP contribution in [0.2, 0.25) is 0 Å². The van der Waals surface area contributed by atoms with Gasteiger partial charge in [-0.2, -0.15) is 0 Å². The summed E-state index contributed by atoms with van der Waals surface area (Å²) in [7, 11) is 0. The Kier molecular flexibility index (Phi) is 3.88. The van der Waals surface area contributed by atoms with Crippen LogP contribution in [0.1, 0.15) is 45.0 Å². The summed E-state index contributed by atoms with van der Waals surface area (Å²) in [5, 5.41) is 0. The standard InChI is InChI=1S/C16H21ClN2O/c1-3-20-14-9-5-8-13-16(14)18-15(10-17)19(13)12-7-4-6-11(12)2/h5,8-9,11-12H,3-4,6-7,10H2,1-2H3. The molecule has 108 valence electrons. The third kappa shape index (κ3) is 2.18. The molecule has 4 heteroatoms. The number of rotatable bonds is 4. The molecule has 0 N–H and O–H groups in total. The number of hydrogen-bond acceptors (Lipinski definition) is 2. The van der Waals surface area contributed by atoms with E-state index < -0.39 is 0 Å². The summed E-state index contributed by atoms with van der Waals surface area (Å²) in [6.45, 7) is 4.98. The molecule has 2 atom stereocenters. The van der Waals surface area contributed by atoms with Crippen molar-refractivity contribution >= 4 is 22.6 Å². The molecule has 0 bridgehead atoms. The van der Waals surface area contributed by atoms with Gasteiger partial charge in [-0.1, -0.05) is 19.4 Å². The van der Waals surface area contributed by atoms with Gasteiger partial charge in [-0.05, 0) is 37.8 Å². The van der Waals surface area contributed by atoms with E-state index in [4.69, 9.17) is 21.3 Å². The summed E-state index contributed by atoms with van der Waals surface area (Å²) >= 11 is 6.13. The van der Waals surface area contributed by atoms with Gasteiger partial charge in [0.2, 0.25) is 0 Å². The molecule has 0 radical (unpaired) electrons. The van der Waals surface area contributed by atoms with E-state index in [2.05, 4.69) is 17.6 Å². The first-order chi connectivity index (χ1) is 9.76. The van der Waals surface area contributed by atoms with Gasteiger partial charge in [0.25, 0.3) is 0 Å². The van der Waals surface area contributed by atoms with E-state index in [-0.39, 0.29) is 0 Å². The minimum Gasteiger partial charge on any atom is -0.492 e. The summed E-state index contributed by atoms with van der Waals surface area (Å²) in [5.74, 6) is 2.96. The lowest BCUT2D eigenvalue weighted by Gasteiger charge is -2.20. The predicted molar refractivity (Wildman–Crippen MR) is 82.5 cm³/mol. The Balaban J connectivity index is 2.17. The van der Waals surface area contributed by atoms with E-state index in [0.717, 1.165) is 22.6 Å². The minimum atomic E-state index is 0.448. The summed E-state index contributed by atoms with van der Waals surface area (Å²) in [6, 6.07) is 6.68. The molecule has 1 heterocycles.